The number of carbonyl (C=O) groups is 3. The van der Waals surface area contributed by atoms with Crippen LogP contribution in [0.5, 0.6) is 0 Å². The summed E-state index contributed by atoms with van der Waals surface area (Å²) in [6.45, 7) is 5.52. The van der Waals surface area contributed by atoms with Gasteiger partial charge in [-0.15, -0.1) is 0 Å². The number of aryl methyl sites for hydroxylation is 1. The Morgan fingerprint density at radius 2 is 1.87 bits per heavy atom. The molecule has 1 aromatic carbocycles. The largest absolute Gasteiger partial charge is 0.469 e. The van der Waals surface area contributed by atoms with E-state index in [1.807, 2.05) is 20.8 Å². The number of nitrogens with one attached hydrogen (secondary N) is 1. The van der Waals surface area contributed by atoms with Crippen molar-refractivity contribution in [3.8, 4) is 5.69 Å². The van der Waals surface area contributed by atoms with Crippen LogP contribution in [-0.2, 0) is 25.5 Å². The van der Waals surface area contributed by atoms with Gasteiger partial charge in [0.1, 0.15) is 0 Å². The van der Waals surface area contributed by atoms with Gasteiger partial charge in [-0.05, 0) is 75.8 Å². The topological polar surface area (TPSA) is 99.5 Å². The van der Waals surface area contributed by atoms with Crippen LogP contribution in [0.1, 0.15) is 53.5 Å². The first-order chi connectivity index (χ1) is 14.8. The van der Waals surface area contributed by atoms with E-state index in [0.717, 1.165) is 35.5 Å². The minimum atomic E-state index is -0.548. The van der Waals surface area contributed by atoms with Crippen LogP contribution < -0.4 is 5.32 Å². The number of hydrogen-bond donors (Lipinski definition) is 1. The first kappa shape index (κ1) is 22.5. The van der Waals surface area contributed by atoms with Gasteiger partial charge in [0.15, 0.2) is 6.61 Å². The van der Waals surface area contributed by atoms with E-state index in [0.29, 0.717) is 24.3 Å². The number of nitrogens with zero attached hydrogens (tertiary/aromatic N) is 2. The van der Waals surface area contributed by atoms with Crippen LogP contribution in [0, 0.1) is 19.8 Å². The Balaban J connectivity index is 1.60. The molecule has 1 N–H and O–H groups in total. The molecular formula is C23H29N3O5. The van der Waals surface area contributed by atoms with Crippen molar-refractivity contribution in [1.82, 2.24) is 15.1 Å². The van der Waals surface area contributed by atoms with Gasteiger partial charge in [0.05, 0.1) is 24.1 Å². The Morgan fingerprint density at radius 3 is 2.48 bits per heavy atom. The monoisotopic (exact) mass is 427 g/mol. The van der Waals surface area contributed by atoms with E-state index in [1.54, 1.807) is 28.9 Å². The van der Waals surface area contributed by atoms with E-state index in [2.05, 4.69) is 10.4 Å². The van der Waals surface area contributed by atoms with Crippen LogP contribution in [0.4, 0.5) is 0 Å². The minimum absolute atomic E-state index is 0.115. The van der Waals surface area contributed by atoms with Crippen molar-refractivity contribution in [2.75, 3.05) is 13.7 Å². The summed E-state index contributed by atoms with van der Waals surface area (Å²) in [4.78, 5) is 35.6. The number of benzene rings is 1. The Labute approximate surface area is 181 Å². The van der Waals surface area contributed by atoms with E-state index < -0.39 is 5.97 Å². The number of esters is 2. The third kappa shape index (κ3) is 5.71. The molecule has 1 saturated carbocycles. The Morgan fingerprint density at radius 1 is 1.19 bits per heavy atom. The third-order valence-corrected chi connectivity index (χ3v) is 5.65. The number of amides is 1. The van der Waals surface area contributed by atoms with Gasteiger partial charge in [-0.3, -0.25) is 9.59 Å². The van der Waals surface area contributed by atoms with Gasteiger partial charge in [0.25, 0.3) is 5.91 Å². The quantitative estimate of drug-likeness (QED) is 0.618. The van der Waals surface area contributed by atoms with Crippen molar-refractivity contribution >= 4 is 17.8 Å². The second-order valence-electron chi connectivity index (χ2n) is 7.95. The molecule has 1 atom stereocenters. The molecule has 0 aliphatic heterocycles. The molecule has 1 amide bonds. The molecule has 1 fully saturated rings. The van der Waals surface area contributed by atoms with Gasteiger partial charge in [0, 0.05) is 18.2 Å². The average Bonchev–Trinajstić information content (AvgIpc) is 3.57. The Kier molecular flexibility index (Phi) is 7.09. The van der Waals surface area contributed by atoms with Gasteiger partial charge >= 0.3 is 11.9 Å². The van der Waals surface area contributed by atoms with Crippen LogP contribution in [0.25, 0.3) is 5.69 Å². The zero-order chi connectivity index (χ0) is 22.5. The van der Waals surface area contributed by atoms with Gasteiger partial charge in [-0.25, -0.2) is 9.48 Å². The highest BCUT2D eigenvalue weighted by Gasteiger charge is 2.29. The summed E-state index contributed by atoms with van der Waals surface area (Å²) >= 11 is 0. The Bertz CT molecular complexity index is 960. The zero-order valence-corrected chi connectivity index (χ0v) is 18.4. The summed E-state index contributed by atoms with van der Waals surface area (Å²) in [7, 11) is 1.37. The van der Waals surface area contributed by atoms with E-state index in [9.17, 15) is 14.4 Å². The zero-order valence-electron chi connectivity index (χ0n) is 18.4. The molecule has 1 unspecified atom stereocenters. The number of carbonyl (C=O) groups excluding carboxylic acids is 3. The third-order valence-electron chi connectivity index (χ3n) is 5.65. The molecule has 8 heteroatoms. The SMILES string of the molecule is COC(=O)CCc1c(C)nn(-c2ccc(C(=O)OCC(=O)NC(C)C3CC3)cc2)c1C. The maximum absolute atomic E-state index is 12.3. The number of aromatic nitrogens is 2. The van der Waals surface area contributed by atoms with Crippen LogP contribution in [0.15, 0.2) is 24.3 Å². The molecular weight excluding hydrogens is 398 g/mol. The van der Waals surface area contributed by atoms with Crippen molar-refractivity contribution in [2.45, 2.75) is 52.5 Å². The molecule has 8 nitrogen and oxygen atoms in total. The summed E-state index contributed by atoms with van der Waals surface area (Å²) in [5.74, 6) is -0.549. The fourth-order valence-electron chi connectivity index (χ4n) is 3.58. The molecule has 0 spiro atoms. The lowest BCUT2D eigenvalue weighted by molar-refractivity contribution is -0.140. The van der Waals surface area contributed by atoms with Crippen molar-refractivity contribution in [2.24, 2.45) is 5.92 Å². The molecule has 0 radical (unpaired) electrons. The average molecular weight is 428 g/mol. The highest BCUT2D eigenvalue weighted by molar-refractivity contribution is 5.91. The Hall–Kier alpha value is -3.16. The van der Waals surface area contributed by atoms with E-state index in [-0.39, 0.29) is 24.5 Å². The van der Waals surface area contributed by atoms with Crippen molar-refractivity contribution in [1.29, 1.82) is 0 Å². The van der Waals surface area contributed by atoms with Crippen molar-refractivity contribution < 1.29 is 23.9 Å². The normalized spacial score (nSPS) is 14.1. The van der Waals surface area contributed by atoms with E-state index >= 15 is 0 Å². The molecule has 0 bridgehead atoms. The molecule has 166 valence electrons. The van der Waals surface area contributed by atoms with Crippen LogP contribution in [0.2, 0.25) is 0 Å². The molecule has 0 saturated heterocycles. The van der Waals surface area contributed by atoms with E-state index in [4.69, 9.17) is 9.47 Å². The maximum atomic E-state index is 12.3. The predicted octanol–water partition coefficient (Wildman–Crippen LogP) is 2.67. The summed E-state index contributed by atoms with van der Waals surface area (Å²) in [5.41, 5.74) is 3.92. The fourth-order valence-corrected chi connectivity index (χ4v) is 3.58. The van der Waals surface area contributed by atoms with Crippen LogP contribution in [0.3, 0.4) is 0 Å². The first-order valence-corrected chi connectivity index (χ1v) is 10.5. The molecule has 1 aliphatic rings. The van der Waals surface area contributed by atoms with Crippen molar-refractivity contribution in [3.05, 3.63) is 46.8 Å². The summed E-state index contributed by atoms with van der Waals surface area (Å²) in [5, 5.41) is 7.42. The van der Waals surface area contributed by atoms with Crippen LogP contribution >= 0.6 is 0 Å². The first-order valence-electron chi connectivity index (χ1n) is 10.5. The predicted molar refractivity (Wildman–Crippen MR) is 114 cm³/mol. The lowest BCUT2D eigenvalue weighted by Gasteiger charge is -2.12. The lowest BCUT2D eigenvalue weighted by Crippen LogP contribution is -2.37. The van der Waals surface area contributed by atoms with Gasteiger partial charge < -0.3 is 14.8 Å². The maximum Gasteiger partial charge on any atom is 0.338 e. The smallest absolute Gasteiger partial charge is 0.338 e. The summed E-state index contributed by atoms with van der Waals surface area (Å²) in [6.07, 6.45) is 3.11. The van der Waals surface area contributed by atoms with Gasteiger partial charge in [0.2, 0.25) is 0 Å². The number of rotatable bonds is 9. The lowest BCUT2D eigenvalue weighted by atomic mass is 10.1. The van der Waals surface area contributed by atoms with Crippen LogP contribution in [-0.4, -0.2) is 47.4 Å². The number of ether oxygens (including phenoxy) is 2. The minimum Gasteiger partial charge on any atom is -0.469 e. The second kappa shape index (κ2) is 9.76. The highest BCUT2D eigenvalue weighted by atomic mass is 16.5. The highest BCUT2D eigenvalue weighted by Crippen LogP contribution is 2.32. The number of hydrogen-bond acceptors (Lipinski definition) is 6. The molecule has 31 heavy (non-hydrogen) atoms. The second-order valence-corrected chi connectivity index (χ2v) is 7.95. The van der Waals surface area contributed by atoms with E-state index in [1.165, 1.54) is 7.11 Å². The molecule has 1 heterocycles. The fraction of sp³-hybridized carbons (Fsp3) is 0.478. The molecule has 1 aliphatic carbocycles. The molecule has 2 aromatic rings. The molecule has 1 aromatic heterocycles. The summed E-state index contributed by atoms with van der Waals surface area (Å²) in [6, 6.07) is 6.95. The molecule has 3 rings (SSSR count). The van der Waals surface area contributed by atoms with Crippen molar-refractivity contribution in [3.63, 3.8) is 0 Å². The summed E-state index contributed by atoms with van der Waals surface area (Å²) < 4.78 is 11.6. The number of methoxy groups -OCH3 is 1. The standard InChI is InChI=1S/C23H29N3O5/c1-14(17-5-6-17)24-21(27)13-31-23(29)18-7-9-19(10-8-18)26-16(3)20(15(2)25-26)11-12-22(28)30-4/h7-10,14,17H,5-6,11-13H2,1-4H3,(H,24,27). The van der Waals surface area contributed by atoms with Gasteiger partial charge in [-0.2, -0.15) is 5.10 Å². The van der Waals surface area contributed by atoms with Gasteiger partial charge in [-0.1, -0.05) is 0 Å².